The minimum Gasteiger partial charge on any atom is -0.257 e. The van der Waals surface area contributed by atoms with Crippen LogP contribution in [0.2, 0.25) is 0 Å². The van der Waals surface area contributed by atoms with Crippen LogP contribution in [0.1, 0.15) is 1.37 Å². The molecular weight excluding hydrogens is 156 g/mol. The SMILES string of the molecule is [2H]c1nccn1C(=O)n1ccnc1. The summed E-state index contributed by atoms with van der Waals surface area (Å²) in [5.74, 6) is 0. The van der Waals surface area contributed by atoms with Gasteiger partial charge < -0.3 is 0 Å². The Kier molecular flexibility index (Phi) is 1.24. The van der Waals surface area contributed by atoms with Crippen molar-refractivity contribution >= 4 is 6.03 Å². The van der Waals surface area contributed by atoms with Crippen molar-refractivity contribution in [3.05, 3.63) is 37.4 Å². The molecule has 0 bridgehead atoms. The zero-order valence-corrected chi connectivity index (χ0v) is 6.08. The minimum atomic E-state index is -0.361. The number of aromatic nitrogens is 4. The summed E-state index contributed by atoms with van der Waals surface area (Å²) < 4.78 is 9.69. The van der Waals surface area contributed by atoms with E-state index in [-0.39, 0.29) is 12.3 Å². The summed E-state index contributed by atoms with van der Waals surface area (Å²) in [6, 6.07) is -0.361. The average molecular weight is 163 g/mol. The topological polar surface area (TPSA) is 52.7 Å². The highest BCUT2D eigenvalue weighted by atomic mass is 16.2. The van der Waals surface area contributed by atoms with Crippen molar-refractivity contribution < 1.29 is 6.17 Å². The van der Waals surface area contributed by atoms with Gasteiger partial charge in [0, 0.05) is 24.8 Å². The second kappa shape index (κ2) is 2.61. The van der Waals surface area contributed by atoms with E-state index in [9.17, 15) is 4.79 Å². The van der Waals surface area contributed by atoms with Crippen LogP contribution in [0.3, 0.4) is 0 Å². The highest BCUT2D eigenvalue weighted by Crippen LogP contribution is 1.91. The molecule has 0 spiro atoms. The summed E-state index contributed by atoms with van der Waals surface area (Å²) in [6.07, 6.45) is 7.14. The molecule has 0 atom stereocenters. The molecule has 0 saturated heterocycles. The van der Waals surface area contributed by atoms with Crippen molar-refractivity contribution in [3.8, 4) is 0 Å². The molecule has 0 saturated carbocycles. The Balaban J connectivity index is 2.39. The minimum absolute atomic E-state index is 0.0845. The summed E-state index contributed by atoms with van der Waals surface area (Å²) >= 11 is 0. The van der Waals surface area contributed by atoms with Crippen molar-refractivity contribution in [2.24, 2.45) is 0 Å². The molecule has 0 aromatic carbocycles. The molecule has 0 fully saturated rings. The highest BCUT2D eigenvalue weighted by molar-refractivity contribution is 5.78. The second-order valence-electron chi connectivity index (χ2n) is 2.15. The lowest BCUT2D eigenvalue weighted by molar-refractivity contribution is 0.244. The third kappa shape index (κ3) is 1.01. The molecule has 0 unspecified atom stereocenters. The van der Waals surface area contributed by atoms with Crippen LogP contribution in [-0.4, -0.2) is 25.1 Å². The quantitative estimate of drug-likeness (QED) is 0.571. The smallest absolute Gasteiger partial charge is 0.257 e. The van der Waals surface area contributed by atoms with Gasteiger partial charge in [-0.2, -0.15) is 0 Å². The van der Waals surface area contributed by atoms with Crippen molar-refractivity contribution in [1.82, 2.24) is 19.1 Å². The first-order valence-electron chi connectivity index (χ1n) is 3.81. The van der Waals surface area contributed by atoms with E-state index in [4.69, 9.17) is 1.37 Å². The normalized spacial score (nSPS) is 11.2. The van der Waals surface area contributed by atoms with Gasteiger partial charge in [-0.15, -0.1) is 0 Å². The Bertz CT molecular complexity index is 419. The lowest BCUT2D eigenvalue weighted by Crippen LogP contribution is -2.15. The number of carbonyl (C=O) groups excluding carboxylic acids is 1. The van der Waals surface area contributed by atoms with Crippen molar-refractivity contribution in [2.75, 3.05) is 0 Å². The molecule has 0 aliphatic heterocycles. The zero-order chi connectivity index (χ0) is 9.26. The van der Waals surface area contributed by atoms with Gasteiger partial charge in [0.25, 0.3) is 0 Å². The first kappa shape index (κ1) is 5.70. The van der Waals surface area contributed by atoms with Crippen LogP contribution in [0, 0.1) is 0 Å². The number of hydrogen-bond donors (Lipinski definition) is 0. The molecule has 2 aromatic heterocycles. The molecule has 60 valence electrons. The van der Waals surface area contributed by atoms with Crippen molar-refractivity contribution in [1.29, 1.82) is 0 Å². The fourth-order valence-electron chi connectivity index (χ4n) is 0.832. The van der Waals surface area contributed by atoms with Gasteiger partial charge in [-0.1, -0.05) is 0 Å². The van der Waals surface area contributed by atoms with E-state index >= 15 is 0 Å². The van der Waals surface area contributed by atoms with Gasteiger partial charge in [-0.3, -0.25) is 9.13 Å². The maximum absolute atomic E-state index is 11.5. The summed E-state index contributed by atoms with van der Waals surface area (Å²) in [5, 5.41) is 0. The number of imidazole rings is 2. The van der Waals surface area contributed by atoms with Gasteiger partial charge in [0.15, 0.2) is 0 Å². The van der Waals surface area contributed by atoms with E-state index in [1.165, 1.54) is 35.7 Å². The van der Waals surface area contributed by atoms with E-state index in [2.05, 4.69) is 9.97 Å². The first-order valence-corrected chi connectivity index (χ1v) is 3.31. The van der Waals surface area contributed by atoms with Gasteiger partial charge in [0.05, 0.1) is 0 Å². The molecule has 0 radical (unpaired) electrons. The summed E-state index contributed by atoms with van der Waals surface area (Å²) in [4.78, 5) is 18.9. The van der Waals surface area contributed by atoms with Crippen LogP contribution in [0.25, 0.3) is 0 Å². The molecule has 2 aromatic rings. The standard InChI is InChI=1S/C7H6N4O/c12-7(10-3-1-8-5-10)11-4-2-9-6-11/h1-6H/i5D. The summed E-state index contributed by atoms with van der Waals surface area (Å²) in [5.41, 5.74) is 0. The zero-order valence-electron chi connectivity index (χ0n) is 7.08. The lowest BCUT2D eigenvalue weighted by atomic mass is 10.8. The molecule has 2 rings (SSSR count). The largest absolute Gasteiger partial charge is 0.338 e. The highest BCUT2D eigenvalue weighted by Gasteiger charge is 2.03. The fraction of sp³-hybridized carbons (Fsp3) is 0. The summed E-state index contributed by atoms with van der Waals surface area (Å²) in [7, 11) is 0. The fourth-order valence-corrected chi connectivity index (χ4v) is 0.832. The van der Waals surface area contributed by atoms with E-state index in [1.807, 2.05) is 0 Å². The Hall–Kier alpha value is -1.91. The molecule has 2 heterocycles. The monoisotopic (exact) mass is 163 g/mol. The van der Waals surface area contributed by atoms with Gasteiger partial charge in [0.1, 0.15) is 14.0 Å². The van der Waals surface area contributed by atoms with Crippen LogP contribution in [0.15, 0.2) is 37.4 Å². The van der Waals surface area contributed by atoms with Crippen LogP contribution in [0.4, 0.5) is 4.79 Å². The molecule has 0 aliphatic carbocycles. The van der Waals surface area contributed by atoms with Gasteiger partial charge in [-0.05, 0) is 0 Å². The maximum atomic E-state index is 11.5. The Morgan fingerprint density at radius 3 is 2.58 bits per heavy atom. The number of carbonyl (C=O) groups is 1. The number of rotatable bonds is 0. The van der Waals surface area contributed by atoms with Gasteiger partial charge in [-0.25, -0.2) is 14.8 Å². The Labute approximate surface area is 69.7 Å². The number of hydrogen-bond acceptors (Lipinski definition) is 3. The average Bonchev–Trinajstić information content (AvgIpc) is 2.72. The van der Waals surface area contributed by atoms with Crippen molar-refractivity contribution in [2.45, 2.75) is 0 Å². The van der Waals surface area contributed by atoms with Crippen LogP contribution >= 0.6 is 0 Å². The third-order valence-electron chi connectivity index (χ3n) is 1.39. The third-order valence-corrected chi connectivity index (χ3v) is 1.39. The molecule has 0 aliphatic rings. The lowest BCUT2D eigenvalue weighted by Gasteiger charge is -1.98. The molecule has 0 N–H and O–H groups in total. The molecule has 5 nitrogen and oxygen atoms in total. The molecular formula is C7H6N4O. The van der Waals surface area contributed by atoms with Crippen LogP contribution in [0.5, 0.6) is 0 Å². The van der Waals surface area contributed by atoms with Gasteiger partial charge >= 0.3 is 6.03 Å². The Morgan fingerprint density at radius 2 is 2.00 bits per heavy atom. The maximum Gasteiger partial charge on any atom is 0.338 e. The predicted molar refractivity (Wildman–Crippen MR) is 40.6 cm³/mol. The predicted octanol–water partition coefficient (Wildman–Crippen LogP) is 0.596. The van der Waals surface area contributed by atoms with Crippen molar-refractivity contribution in [3.63, 3.8) is 0 Å². The van der Waals surface area contributed by atoms with E-state index < -0.39 is 0 Å². The molecule has 5 heteroatoms. The Morgan fingerprint density at radius 1 is 1.25 bits per heavy atom. The number of nitrogens with zero attached hydrogens (tertiary/aromatic N) is 4. The first-order chi connectivity index (χ1) is 6.29. The van der Waals surface area contributed by atoms with Crippen LogP contribution < -0.4 is 0 Å². The van der Waals surface area contributed by atoms with E-state index in [1.54, 1.807) is 0 Å². The van der Waals surface area contributed by atoms with E-state index in [0.717, 1.165) is 4.57 Å². The molecule has 0 amide bonds. The van der Waals surface area contributed by atoms with Gasteiger partial charge in [0.2, 0.25) is 0 Å². The summed E-state index contributed by atoms with van der Waals surface area (Å²) in [6.45, 7) is 0. The van der Waals surface area contributed by atoms with Crippen LogP contribution in [-0.2, 0) is 0 Å². The van der Waals surface area contributed by atoms with E-state index in [0.29, 0.717) is 0 Å². The molecule has 12 heavy (non-hydrogen) atoms. The second-order valence-corrected chi connectivity index (χ2v) is 2.15.